The Morgan fingerprint density at radius 3 is 3.05 bits per heavy atom. The second kappa shape index (κ2) is 5.87. The van der Waals surface area contributed by atoms with Gasteiger partial charge in [0.1, 0.15) is 0 Å². The molecule has 3 rings (SSSR count). The molecule has 102 valence electrons. The van der Waals surface area contributed by atoms with Crippen LogP contribution in [0.2, 0.25) is 0 Å². The Balaban J connectivity index is 1.70. The molecule has 0 radical (unpaired) electrons. The molecule has 0 aromatic heterocycles. The van der Waals surface area contributed by atoms with Gasteiger partial charge in [-0.3, -0.25) is 4.79 Å². The number of nitrogens with one attached hydrogen (secondary N) is 2. The fraction of sp³-hybridized carbons (Fsp3) is 0.533. The molecule has 0 saturated carbocycles. The van der Waals surface area contributed by atoms with Gasteiger partial charge in [-0.05, 0) is 36.6 Å². The molecule has 0 spiro atoms. The maximum atomic E-state index is 12.5. The summed E-state index contributed by atoms with van der Waals surface area (Å²) in [6.45, 7) is 0.883. The SMILES string of the molecule is O=C(NC1CCCSC1)C1CCNc2ccccc21. The summed E-state index contributed by atoms with van der Waals surface area (Å²) in [7, 11) is 0. The zero-order chi connectivity index (χ0) is 13.1. The number of carbonyl (C=O) groups is 1. The summed E-state index contributed by atoms with van der Waals surface area (Å²) in [4.78, 5) is 12.5. The summed E-state index contributed by atoms with van der Waals surface area (Å²) in [6, 6.07) is 8.53. The Kier molecular flexibility index (Phi) is 3.97. The fourth-order valence-electron chi connectivity index (χ4n) is 2.90. The summed E-state index contributed by atoms with van der Waals surface area (Å²) in [5.41, 5.74) is 2.27. The van der Waals surface area contributed by atoms with Crippen LogP contribution in [0.3, 0.4) is 0 Å². The third-order valence-electron chi connectivity index (χ3n) is 3.91. The van der Waals surface area contributed by atoms with E-state index in [2.05, 4.69) is 22.8 Å². The van der Waals surface area contributed by atoms with Crippen LogP contribution in [0, 0.1) is 0 Å². The maximum absolute atomic E-state index is 12.5. The molecule has 19 heavy (non-hydrogen) atoms. The molecule has 3 nitrogen and oxygen atoms in total. The van der Waals surface area contributed by atoms with Crippen LogP contribution in [-0.4, -0.2) is 30.0 Å². The number of amides is 1. The number of hydrogen-bond donors (Lipinski definition) is 2. The number of benzene rings is 1. The van der Waals surface area contributed by atoms with Gasteiger partial charge >= 0.3 is 0 Å². The molecule has 2 N–H and O–H groups in total. The molecule has 1 aromatic rings. The molecule has 0 aliphatic carbocycles. The number of rotatable bonds is 2. The first kappa shape index (κ1) is 12.9. The molecule has 0 bridgehead atoms. The first-order valence-corrected chi connectivity index (χ1v) is 8.21. The van der Waals surface area contributed by atoms with Crippen molar-refractivity contribution in [2.45, 2.75) is 31.2 Å². The van der Waals surface area contributed by atoms with E-state index in [1.165, 1.54) is 12.2 Å². The van der Waals surface area contributed by atoms with E-state index < -0.39 is 0 Å². The van der Waals surface area contributed by atoms with Crippen molar-refractivity contribution in [2.75, 3.05) is 23.4 Å². The number of carbonyl (C=O) groups excluding carboxylic acids is 1. The number of hydrogen-bond acceptors (Lipinski definition) is 3. The van der Waals surface area contributed by atoms with E-state index >= 15 is 0 Å². The Labute approximate surface area is 118 Å². The van der Waals surface area contributed by atoms with Gasteiger partial charge in [-0.15, -0.1) is 0 Å². The highest BCUT2D eigenvalue weighted by molar-refractivity contribution is 7.99. The number of anilines is 1. The van der Waals surface area contributed by atoms with Gasteiger partial charge in [-0.25, -0.2) is 0 Å². The normalized spacial score (nSPS) is 26.1. The van der Waals surface area contributed by atoms with Crippen molar-refractivity contribution >= 4 is 23.4 Å². The third-order valence-corrected chi connectivity index (χ3v) is 5.12. The van der Waals surface area contributed by atoms with E-state index in [4.69, 9.17) is 0 Å². The van der Waals surface area contributed by atoms with Gasteiger partial charge in [0.05, 0.1) is 5.92 Å². The second-order valence-electron chi connectivity index (χ2n) is 5.28. The van der Waals surface area contributed by atoms with E-state index in [1.54, 1.807) is 0 Å². The first-order chi connectivity index (χ1) is 9.34. The lowest BCUT2D eigenvalue weighted by Crippen LogP contribution is -2.42. The van der Waals surface area contributed by atoms with Crippen molar-refractivity contribution in [2.24, 2.45) is 0 Å². The van der Waals surface area contributed by atoms with Gasteiger partial charge in [0.25, 0.3) is 0 Å². The van der Waals surface area contributed by atoms with Crippen LogP contribution in [0.4, 0.5) is 5.69 Å². The van der Waals surface area contributed by atoms with Gasteiger partial charge in [-0.2, -0.15) is 11.8 Å². The molecule has 2 atom stereocenters. The largest absolute Gasteiger partial charge is 0.385 e. The predicted octanol–water partition coefficient (Wildman–Crippen LogP) is 2.60. The van der Waals surface area contributed by atoms with Crippen molar-refractivity contribution in [1.82, 2.24) is 5.32 Å². The fourth-order valence-corrected chi connectivity index (χ4v) is 3.97. The highest BCUT2D eigenvalue weighted by Crippen LogP contribution is 2.31. The van der Waals surface area contributed by atoms with Crippen LogP contribution in [0.15, 0.2) is 24.3 Å². The molecule has 1 fully saturated rings. The molecule has 2 heterocycles. The van der Waals surface area contributed by atoms with Crippen LogP contribution < -0.4 is 10.6 Å². The lowest BCUT2D eigenvalue weighted by Gasteiger charge is -2.29. The lowest BCUT2D eigenvalue weighted by atomic mass is 9.90. The standard InChI is InChI=1S/C15H20N2OS/c18-15(17-11-4-3-9-19-10-11)13-7-8-16-14-6-2-1-5-12(13)14/h1-2,5-6,11,13,16H,3-4,7-10H2,(H,17,18). The van der Waals surface area contributed by atoms with Crippen molar-refractivity contribution in [3.63, 3.8) is 0 Å². The smallest absolute Gasteiger partial charge is 0.227 e. The Morgan fingerprint density at radius 1 is 1.32 bits per heavy atom. The van der Waals surface area contributed by atoms with Crippen LogP contribution in [-0.2, 0) is 4.79 Å². The highest BCUT2D eigenvalue weighted by atomic mass is 32.2. The molecule has 2 aliphatic rings. The van der Waals surface area contributed by atoms with Crippen molar-refractivity contribution in [3.8, 4) is 0 Å². The number of fused-ring (bicyclic) bond motifs is 1. The van der Waals surface area contributed by atoms with Gasteiger partial charge < -0.3 is 10.6 Å². The minimum atomic E-state index is 0.0179. The highest BCUT2D eigenvalue weighted by Gasteiger charge is 2.28. The predicted molar refractivity (Wildman–Crippen MR) is 80.8 cm³/mol. The summed E-state index contributed by atoms with van der Waals surface area (Å²) in [5.74, 6) is 2.53. The van der Waals surface area contributed by atoms with Crippen molar-refractivity contribution in [3.05, 3.63) is 29.8 Å². The van der Waals surface area contributed by atoms with Crippen molar-refractivity contribution < 1.29 is 4.79 Å². The van der Waals surface area contributed by atoms with Gasteiger partial charge in [-0.1, -0.05) is 18.2 Å². The quantitative estimate of drug-likeness (QED) is 0.872. The Morgan fingerprint density at radius 2 is 2.21 bits per heavy atom. The van der Waals surface area contributed by atoms with E-state index in [0.717, 1.165) is 36.4 Å². The zero-order valence-corrected chi connectivity index (χ0v) is 11.8. The molecule has 1 aromatic carbocycles. The monoisotopic (exact) mass is 276 g/mol. The zero-order valence-electron chi connectivity index (χ0n) is 11.0. The number of thioether (sulfide) groups is 1. The van der Waals surface area contributed by atoms with E-state index in [1.807, 2.05) is 23.9 Å². The molecule has 2 unspecified atom stereocenters. The minimum Gasteiger partial charge on any atom is -0.385 e. The maximum Gasteiger partial charge on any atom is 0.227 e. The van der Waals surface area contributed by atoms with E-state index in [9.17, 15) is 4.79 Å². The van der Waals surface area contributed by atoms with Gasteiger partial charge in [0.15, 0.2) is 0 Å². The average molecular weight is 276 g/mol. The van der Waals surface area contributed by atoms with E-state index in [0.29, 0.717) is 6.04 Å². The van der Waals surface area contributed by atoms with Crippen molar-refractivity contribution in [1.29, 1.82) is 0 Å². The first-order valence-electron chi connectivity index (χ1n) is 7.05. The summed E-state index contributed by atoms with van der Waals surface area (Å²) >= 11 is 1.95. The van der Waals surface area contributed by atoms with E-state index in [-0.39, 0.29) is 11.8 Å². The van der Waals surface area contributed by atoms with Gasteiger partial charge in [0, 0.05) is 24.0 Å². The summed E-state index contributed by atoms with van der Waals surface area (Å²) in [5, 5.41) is 6.61. The molecular formula is C15H20N2OS. The molecule has 1 amide bonds. The Hall–Kier alpha value is -1.16. The Bertz CT molecular complexity index is 457. The molecule has 2 aliphatic heterocycles. The van der Waals surface area contributed by atoms with Crippen LogP contribution >= 0.6 is 11.8 Å². The molecule has 4 heteroatoms. The molecule has 1 saturated heterocycles. The third kappa shape index (κ3) is 2.89. The number of para-hydroxylation sites is 1. The van der Waals surface area contributed by atoms with Gasteiger partial charge in [0.2, 0.25) is 5.91 Å². The second-order valence-corrected chi connectivity index (χ2v) is 6.43. The van der Waals surface area contributed by atoms with Crippen LogP contribution in [0.25, 0.3) is 0 Å². The van der Waals surface area contributed by atoms with Crippen LogP contribution in [0.1, 0.15) is 30.7 Å². The molecular weight excluding hydrogens is 256 g/mol. The topological polar surface area (TPSA) is 41.1 Å². The average Bonchev–Trinajstić information content (AvgIpc) is 2.47. The minimum absolute atomic E-state index is 0.0179. The summed E-state index contributed by atoms with van der Waals surface area (Å²) < 4.78 is 0. The summed E-state index contributed by atoms with van der Waals surface area (Å²) in [6.07, 6.45) is 3.24. The van der Waals surface area contributed by atoms with Crippen LogP contribution in [0.5, 0.6) is 0 Å². The lowest BCUT2D eigenvalue weighted by molar-refractivity contribution is -0.123.